The molecule has 3 saturated carbocycles. The van der Waals surface area contributed by atoms with E-state index in [2.05, 4.69) is 5.32 Å². The van der Waals surface area contributed by atoms with E-state index in [9.17, 15) is 5.11 Å². The first kappa shape index (κ1) is 12.9. The largest absolute Gasteiger partial charge is 0.389 e. The molecule has 0 aromatic rings. The number of hydrogen-bond donors (Lipinski definition) is 2. The van der Waals surface area contributed by atoms with Crippen molar-refractivity contribution in [1.82, 2.24) is 5.32 Å². The van der Waals surface area contributed by atoms with Gasteiger partial charge in [-0.1, -0.05) is 25.7 Å². The number of rotatable bonds is 3. The average Bonchev–Trinajstić information content (AvgIpc) is 3.00. The summed E-state index contributed by atoms with van der Waals surface area (Å²) in [6, 6.07) is 0.681. The van der Waals surface area contributed by atoms with Crippen LogP contribution in [0.5, 0.6) is 0 Å². The molecule has 0 radical (unpaired) electrons. The predicted octanol–water partition coefficient (Wildman–Crippen LogP) is 3.38. The maximum Gasteiger partial charge on any atom is 0.0771 e. The van der Waals surface area contributed by atoms with E-state index in [1.54, 1.807) is 0 Å². The van der Waals surface area contributed by atoms with E-state index in [-0.39, 0.29) is 5.60 Å². The van der Waals surface area contributed by atoms with Crippen LogP contribution < -0.4 is 5.32 Å². The Bertz CT molecular complexity index is 267. The van der Waals surface area contributed by atoms with Gasteiger partial charge in [0.05, 0.1) is 5.60 Å². The summed E-state index contributed by atoms with van der Waals surface area (Å²) in [7, 11) is 0. The van der Waals surface area contributed by atoms with Gasteiger partial charge in [0.15, 0.2) is 0 Å². The monoisotopic (exact) mass is 251 g/mol. The van der Waals surface area contributed by atoms with Crippen LogP contribution in [0.25, 0.3) is 0 Å². The highest BCUT2D eigenvalue weighted by Gasteiger charge is 2.38. The second-order valence-electron chi connectivity index (χ2n) is 7.29. The number of aliphatic hydroxyl groups is 1. The van der Waals surface area contributed by atoms with E-state index in [1.165, 1.54) is 64.2 Å². The third-order valence-corrected chi connectivity index (χ3v) is 5.96. The molecular weight excluding hydrogens is 222 g/mol. The molecule has 0 heterocycles. The molecule has 104 valence electrons. The van der Waals surface area contributed by atoms with Gasteiger partial charge in [-0.3, -0.25) is 0 Å². The van der Waals surface area contributed by atoms with Gasteiger partial charge in [-0.2, -0.15) is 0 Å². The Morgan fingerprint density at radius 3 is 2.00 bits per heavy atom. The van der Waals surface area contributed by atoms with Crippen molar-refractivity contribution < 1.29 is 5.11 Å². The first-order valence-corrected chi connectivity index (χ1v) is 8.16. The van der Waals surface area contributed by atoms with Gasteiger partial charge in [0, 0.05) is 12.6 Å². The van der Waals surface area contributed by atoms with Crippen LogP contribution in [-0.2, 0) is 0 Å². The highest BCUT2D eigenvalue weighted by molar-refractivity contribution is 4.93. The minimum absolute atomic E-state index is 0.373. The molecule has 2 nitrogen and oxygen atoms in total. The normalized spacial score (nSPS) is 31.2. The molecule has 3 fully saturated rings. The summed E-state index contributed by atoms with van der Waals surface area (Å²) in [5, 5.41) is 14.0. The van der Waals surface area contributed by atoms with Crippen molar-refractivity contribution in [3.63, 3.8) is 0 Å². The van der Waals surface area contributed by atoms with E-state index < -0.39 is 0 Å². The van der Waals surface area contributed by atoms with Crippen molar-refractivity contribution in [3.05, 3.63) is 0 Å². The quantitative estimate of drug-likeness (QED) is 0.806. The average molecular weight is 251 g/mol. The van der Waals surface area contributed by atoms with Gasteiger partial charge >= 0.3 is 0 Å². The zero-order chi connectivity index (χ0) is 12.5. The number of nitrogens with one attached hydrogen (secondary N) is 1. The Balaban J connectivity index is 1.43. The highest BCUT2D eigenvalue weighted by atomic mass is 16.3. The fraction of sp³-hybridized carbons (Fsp3) is 1.00. The van der Waals surface area contributed by atoms with Gasteiger partial charge in [-0.25, -0.2) is 0 Å². The second kappa shape index (κ2) is 5.13. The lowest BCUT2D eigenvalue weighted by Gasteiger charge is -2.38. The molecule has 2 N–H and O–H groups in total. The minimum atomic E-state index is -0.373. The third-order valence-electron chi connectivity index (χ3n) is 5.96. The lowest BCUT2D eigenvalue weighted by molar-refractivity contribution is 0.0406. The summed E-state index contributed by atoms with van der Waals surface area (Å²) in [5.41, 5.74) is 0.366. The van der Waals surface area contributed by atoms with Crippen LogP contribution in [0.3, 0.4) is 0 Å². The van der Waals surface area contributed by atoms with Crippen LogP contribution in [0.4, 0.5) is 0 Å². The Morgan fingerprint density at radius 2 is 1.39 bits per heavy atom. The van der Waals surface area contributed by atoms with Crippen LogP contribution in [0.15, 0.2) is 0 Å². The lowest BCUT2D eigenvalue weighted by atomic mass is 9.71. The van der Waals surface area contributed by atoms with Crippen LogP contribution >= 0.6 is 0 Å². The third kappa shape index (κ3) is 2.75. The van der Waals surface area contributed by atoms with Crippen molar-refractivity contribution in [3.8, 4) is 0 Å². The van der Waals surface area contributed by atoms with Crippen LogP contribution in [0, 0.1) is 5.41 Å². The second-order valence-corrected chi connectivity index (χ2v) is 7.29. The van der Waals surface area contributed by atoms with Crippen molar-refractivity contribution in [1.29, 1.82) is 0 Å². The Labute approximate surface area is 112 Å². The standard InChI is InChI=1S/C16H29NO/c18-16(9-3-4-10-16)13-17-14-5-11-15(12-6-14)7-1-2-8-15/h14,17-18H,1-13H2. The molecule has 0 atom stereocenters. The van der Waals surface area contributed by atoms with Crippen LogP contribution in [0.2, 0.25) is 0 Å². The lowest BCUT2D eigenvalue weighted by Crippen LogP contribution is -2.45. The molecule has 2 heteroatoms. The molecule has 0 amide bonds. The molecule has 0 unspecified atom stereocenters. The SMILES string of the molecule is OC1(CNC2CCC3(CCCC3)CC2)CCCC1. The van der Waals surface area contributed by atoms with Gasteiger partial charge in [0.2, 0.25) is 0 Å². The summed E-state index contributed by atoms with van der Waals surface area (Å²) >= 11 is 0. The molecule has 3 aliphatic rings. The first-order valence-electron chi connectivity index (χ1n) is 8.16. The van der Waals surface area contributed by atoms with Crippen molar-refractivity contribution in [2.45, 2.75) is 88.7 Å². The van der Waals surface area contributed by atoms with Gasteiger partial charge in [-0.05, 0) is 56.8 Å². The maximum absolute atomic E-state index is 10.4. The van der Waals surface area contributed by atoms with E-state index in [0.29, 0.717) is 6.04 Å². The Kier molecular flexibility index (Phi) is 3.68. The minimum Gasteiger partial charge on any atom is -0.389 e. The van der Waals surface area contributed by atoms with Crippen molar-refractivity contribution in [2.24, 2.45) is 5.41 Å². The molecule has 0 aromatic heterocycles. The fourth-order valence-electron chi connectivity index (χ4n) is 4.60. The summed E-state index contributed by atoms with van der Waals surface area (Å²) in [6.45, 7) is 0.838. The fourth-order valence-corrected chi connectivity index (χ4v) is 4.60. The predicted molar refractivity (Wildman–Crippen MR) is 74.6 cm³/mol. The summed E-state index contributed by atoms with van der Waals surface area (Å²) in [6.07, 6.45) is 15.9. The van der Waals surface area contributed by atoms with Crippen LogP contribution in [-0.4, -0.2) is 23.3 Å². The molecule has 3 rings (SSSR count). The van der Waals surface area contributed by atoms with E-state index in [4.69, 9.17) is 0 Å². The molecule has 0 aliphatic heterocycles. The van der Waals surface area contributed by atoms with E-state index in [0.717, 1.165) is 24.8 Å². The van der Waals surface area contributed by atoms with Crippen LogP contribution in [0.1, 0.15) is 77.0 Å². The van der Waals surface area contributed by atoms with Gasteiger partial charge in [0.25, 0.3) is 0 Å². The zero-order valence-electron chi connectivity index (χ0n) is 11.7. The summed E-state index contributed by atoms with van der Waals surface area (Å²) < 4.78 is 0. The Hall–Kier alpha value is -0.0800. The molecule has 0 bridgehead atoms. The molecular formula is C16H29NO. The summed E-state index contributed by atoms with van der Waals surface area (Å²) in [5.74, 6) is 0. The summed E-state index contributed by atoms with van der Waals surface area (Å²) in [4.78, 5) is 0. The first-order chi connectivity index (χ1) is 8.70. The molecule has 0 saturated heterocycles. The smallest absolute Gasteiger partial charge is 0.0771 e. The van der Waals surface area contributed by atoms with E-state index in [1.807, 2.05) is 0 Å². The molecule has 0 aromatic carbocycles. The van der Waals surface area contributed by atoms with Crippen molar-refractivity contribution in [2.75, 3.05) is 6.54 Å². The Morgan fingerprint density at radius 1 is 0.833 bits per heavy atom. The molecule has 3 aliphatic carbocycles. The molecule has 18 heavy (non-hydrogen) atoms. The maximum atomic E-state index is 10.4. The number of hydrogen-bond acceptors (Lipinski definition) is 2. The van der Waals surface area contributed by atoms with Crippen molar-refractivity contribution >= 4 is 0 Å². The van der Waals surface area contributed by atoms with E-state index >= 15 is 0 Å². The zero-order valence-corrected chi connectivity index (χ0v) is 11.7. The molecule has 1 spiro atoms. The highest BCUT2D eigenvalue weighted by Crippen LogP contribution is 2.48. The van der Waals surface area contributed by atoms with Gasteiger partial charge < -0.3 is 10.4 Å². The van der Waals surface area contributed by atoms with Gasteiger partial charge in [-0.15, -0.1) is 0 Å². The topological polar surface area (TPSA) is 32.3 Å². The van der Waals surface area contributed by atoms with Gasteiger partial charge in [0.1, 0.15) is 0 Å².